The molecule has 146 valence electrons. The minimum absolute atomic E-state index is 0.284. The number of hydrogen-bond donors (Lipinski definition) is 0. The highest BCUT2D eigenvalue weighted by atomic mass is 16.5. The van der Waals surface area contributed by atoms with E-state index in [0.29, 0.717) is 12.4 Å². The molecule has 0 bridgehead atoms. The van der Waals surface area contributed by atoms with Crippen molar-refractivity contribution in [2.24, 2.45) is 7.05 Å². The highest BCUT2D eigenvalue weighted by Gasteiger charge is 2.18. The minimum Gasteiger partial charge on any atom is -0.494 e. The largest absolute Gasteiger partial charge is 0.494 e. The molecule has 3 rings (SSSR count). The summed E-state index contributed by atoms with van der Waals surface area (Å²) >= 11 is 0. The number of rotatable bonds is 8. The van der Waals surface area contributed by atoms with Gasteiger partial charge in [0.1, 0.15) is 6.20 Å². The highest BCUT2D eigenvalue weighted by molar-refractivity contribution is 5.32. The molecule has 0 spiro atoms. The molecule has 0 aliphatic carbocycles. The Kier molecular flexibility index (Phi) is 6.53. The van der Waals surface area contributed by atoms with E-state index in [4.69, 9.17) is 9.47 Å². The fourth-order valence-corrected chi connectivity index (χ4v) is 2.81. The van der Waals surface area contributed by atoms with E-state index in [0.717, 1.165) is 51.5 Å². The number of nitrogens with zero attached hydrogens (tertiary/aromatic N) is 7. The summed E-state index contributed by atoms with van der Waals surface area (Å²) in [7, 11) is 3.16. The predicted octanol–water partition coefficient (Wildman–Crippen LogP) is -0.0449. The quantitative estimate of drug-likeness (QED) is 0.588. The molecular weight excluding hydrogens is 350 g/mol. The SMILES string of the molecule is COc1cnc(N2CCN(CCCCOc3cnn(C)c(=O)n3)CC2)nc1. The van der Waals surface area contributed by atoms with Crippen molar-refractivity contribution in [1.82, 2.24) is 29.6 Å². The van der Waals surface area contributed by atoms with Crippen molar-refractivity contribution in [3.63, 3.8) is 0 Å². The van der Waals surface area contributed by atoms with Crippen molar-refractivity contribution in [3.05, 3.63) is 29.1 Å². The summed E-state index contributed by atoms with van der Waals surface area (Å²) in [4.78, 5) is 28.5. The van der Waals surface area contributed by atoms with E-state index >= 15 is 0 Å². The molecule has 1 aliphatic heterocycles. The van der Waals surface area contributed by atoms with Crippen molar-refractivity contribution in [3.8, 4) is 11.6 Å². The Morgan fingerprint density at radius 3 is 2.48 bits per heavy atom. The summed E-state index contributed by atoms with van der Waals surface area (Å²) in [6.07, 6.45) is 6.78. The molecule has 0 N–H and O–H groups in total. The van der Waals surface area contributed by atoms with Crippen LogP contribution in [0, 0.1) is 0 Å². The third-order valence-corrected chi connectivity index (χ3v) is 4.45. The fraction of sp³-hybridized carbons (Fsp3) is 0.588. The summed E-state index contributed by atoms with van der Waals surface area (Å²) in [5.41, 5.74) is -0.411. The van der Waals surface area contributed by atoms with E-state index in [1.165, 1.54) is 10.9 Å². The van der Waals surface area contributed by atoms with E-state index in [2.05, 4.69) is 29.9 Å². The van der Waals surface area contributed by atoms with E-state index in [1.54, 1.807) is 26.6 Å². The molecule has 2 aromatic heterocycles. The summed E-state index contributed by atoms with van der Waals surface area (Å²) in [6.45, 7) is 5.33. The molecule has 1 saturated heterocycles. The maximum Gasteiger partial charge on any atom is 0.366 e. The molecule has 1 aliphatic rings. The lowest BCUT2D eigenvalue weighted by Gasteiger charge is -2.34. The minimum atomic E-state index is -0.411. The molecule has 2 aromatic rings. The second-order valence-electron chi connectivity index (χ2n) is 6.31. The number of unbranched alkanes of at least 4 members (excludes halogenated alkanes) is 1. The average Bonchev–Trinajstić information content (AvgIpc) is 2.71. The van der Waals surface area contributed by atoms with Crippen LogP contribution in [0.25, 0.3) is 0 Å². The molecule has 0 radical (unpaired) electrons. The fourth-order valence-electron chi connectivity index (χ4n) is 2.81. The first-order valence-electron chi connectivity index (χ1n) is 9.02. The zero-order chi connectivity index (χ0) is 19.1. The van der Waals surface area contributed by atoms with Gasteiger partial charge in [-0.25, -0.2) is 19.4 Å². The van der Waals surface area contributed by atoms with Crippen LogP contribution in [0.3, 0.4) is 0 Å². The first-order chi connectivity index (χ1) is 13.2. The third-order valence-electron chi connectivity index (χ3n) is 4.45. The van der Waals surface area contributed by atoms with E-state index in [1.807, 2.05) is 0 Å². The van der Waals surface area contributed by atoms with Crippen molar-refractivity contribution in [1.29, 1.82) is 0 Å². The summed E-state index contributed by atoms with van der Waals surface area (Å²) in [5, 5.41) is 3.88. The van der Waals surface area contributed by atoms with Crippen LogP contribution in [0.2, 0.25) is 0 Å². The van der Waals surface area contributed by atoms with Gasteiger partial charge in [-0.05, 0) is 19.4 Å². The van der Waals surface area contributed by atoms with Gasteiger partial charge in [0.2, 0.25) is 11.8 Å². The van der Waals surface area contributed by atoms with Gasteiger partial charge in [-0.15, -0.1) is 0 Å². The Balaban J connectivity index is 1.32. The number of anilines is 1. The van der Waals surface area contributed by atoms with Gasteiger partial charge in [0.15, 0.2) is 5.75 Å². The number of methoxy groups -OCH3 is 1. The summed E-state index contributed by atoms with van der Waals surface area (Å²) in [5.74, 6) is 1.70. The molecular formula is C17H25N7O3. The third kappa shape index (κ3) is 5.36. The topological polar surface area (TPSA) is 98.5 Å². The van der Waals surface area contributed by atoms with Crippen LogP contribution in [0.15, 0.2) is 23.4 Å². The van der Waals surface area contributed by atoms with Gasteiger partial charge in [-0.1, -0.05) is 0 Å². The molecule has 0 saturated carbocycles. The Labute approximate surface area is 157 Å². The maximum absolute atomic E-state index is 11.4. The van der Waals surface area contributed by atoms with E-state index in [-0.39, 0.29) is 5.88 Å². The summed E-state index contributed by atoms with van der Waals surface area (Å²) < 4.78 is 11.7. The average molecular weight is 375 g/mol. The molecule has 0 unspecified atom stereocenters. The molecule has 0 aromatic carbocycles. The van der Waals surface area contributed by atoms with Crippen LogP contribution in [0.5, 0.6) is 11.6 Å². The van der Waals surface area contributed by atoms with Crippen molar-refractivity contribution < 1.29 is 9.47 Å². The molecule has 0 amide bonds. The van der Waals surface area contributed by atoms with E-state index < -0.39 is 5.69 Å². The van der Waals surface area contributed by atoms with E-state index in [9.17, 15) is 4.79 Å². The molecule has 10 nitrogen and oxygen atoms in total. The van der Waals surface area contributed by atoms with Gasteiger partial charge in [-0.3, -0.25) is 4.90 Å². The molecule has 3 heterocycles. The van der Waals surface area contributed by atoms with Crippen molar-refractivity contribution in [2.75, 3.05) is 51.3 Å². The predicted molar refractivity (Wildman–Crippen MR) is 99.2 cm³/mol. The molecule has 1 fully saturated rings. The second-order valence-corrected chi connectivity index (χ2v) is 6.31. The number of piperazine rings is 1. The van der Waals surface area contributed by atoms with Crippen LogP contribution >= 0.6 is 0 Å². The monoisotopic (exact) mass is 375 g/mol. The molecule has 10 heteroatoms. The van der Waals surface area contributed by atoms with Gasteiger partial charge in [0, 0.05) is 33.2 Å². The van der Waals surface area contributed by atoms with Gasteiger partial charge < -0.3 is 14.4 Å². The Morgan fingerprint density at radius 1 is 1.07 bits per heavy atom. The van der Waals surface area contributed by atoms with Crippen LogP contribution in [0.1, 0.15) is 12.8 Å². The Morgan fingerprint density at radius 2 is 1.81 bits per heavy atom. The Hall–Kier alpha value is -2.75. The Bertz CT molecular complexity index is 773. The van der Waals surface area contributed by atoms with Crippen molar-refractivity contribution in [2.45, 2.75) is 12.8 Å². The zero-order valence-electron chi connectivity index (χ0n) is 15.7. The zero-order valence-corrected chi connectivity index (χ0v) is 15.7. The lowest BCUT2D eigenvalue weighted by atomic mass is 10.2. The van der Waals surface area contributed by atoms with Crippen LogP contribution in [0.4, 0.5) is 5.95 Å². The van der Waals surface area contributed by atoms with Crippen molar-refractivity contribution >= 4 is 5.95 Å². The lowest BCUT2D eigenvalue weighted by Crippen LogP contribution is -2.47. The maximum atomic E-state index is 11.4. The van der Waals surface area contributed by atoms with Crippen LogP contribution in [-0.2, 0) is 7.05 Å². The normalized spacial score (nSPS) is 15.0. The molecule has 27 heavy (non-hydrogen) atoms. The number of hydrogen-bond acceptors (Lipinski definition) is 9. The van der Waals surface area contributed by atoms with Crippen LogP contribution in [-0.4, -0.2) is 76.1 Å². The first kappa shape index (κ1) is 19.0. The smallest absolute Gasteiger partial charge is 0.366 e. The first-order valence-corrected chi connectivity index (χ1v) is 9.02. The molecule has 0 atom stereocenters. The van der Waals surface area contributed by atoms with Gasteiger partial charge in [0.25, 0.3) is 0 Å². The standard InChI is InChI=1S/C17H25N7O3/c1-22-17(25)21-15(13-20-22)27-10-4-3-5-23-6-8-24(9-7-23)16-18-11-14(26-2)12-19-16/h11-13H,3-10H2,1-2H3. The summed E-state index contributed by atoms with van der Waals surface area (Å²) in [6, 6.07) is 0. The van der Waals surface area contributed by atoms with Crippen LogP contribution < -0.4 is 20.1 Å². The lowest BCUT2D eigenvalue weighted by molar-refractivity contribution is 0.235. The van der Waals surface area contributed by atoms with Gasteiger partial charge in [-0.2, -0.15) is 10.1 Å². The highest BCUT2D eigenvalue weighted by Crippen LogP contribution is 2.14. The van der Waals surface area contributed by atoms with Gasteiger partial charge in [0.05, 0.1) is 26.1 Å². The second kappa shape index (κ2) is 9.26. The number of aromatic nitrogens is 5. The van der Waals surface area contributed by atoms with Gasteiger partial charge >= 0.3 is 5.69 Å². The number of aryl methyl sites for hydroxylation is 1. The number of ether oxygens (including phenoxy) is 2.